The summed E-state index contributed by atoms with van der Waals surface area (Å²) in [4.78, 5) is 16.8. The van der Waals surface area contributed by atoms with Crippen molar-refractivity contribution in [3.63, 3.8) is 0 Å². The van der Waals surface area contributed by atoms with Gasteiger partial charge in [0.2, 0.25) is 5.91 Å². The molecule has 1 amide bonds. The molecule has 4 heteroatoms. The van der Waals surface area contributed by atoms with Gasteiger partial charge in [0.15, 0.2) is 0 Å². The maximum absolute atomic E-state index is 12.2. The Bertz CT molecular complexity index is 260. The molecule has 1 aliphatic rings. The first kappa shape index (κ1) is 16.4. The van der Waals surface area contributed by atoms with E-state index in [1.807, 2.05) is 11.8 Å². The number of piperazine rings is 1. The normalized spacial score (nSPS) is 18.9. The molecule has 0 radical (unpaired) electrons. The molecular formula is C15H31N3O. The SMILES string of the molecule is CC(C)CCN1CCN(C(=O)C(C)CCCN)CC1. The summed E-state index contributed by atoms with van der Waals surface area (Å²) >= 11 is 0. The average Bonchev–Trinajstić information content (AvgIpc) is 2.42. The highest BCUT2D eigenvalue weighted by Crippen LogP contribution is 2.12. The van der Waals surface area contributed by atoms with E-state index < -0.39 is 0 Å². The molecule has 1 rings (SSSR count). The number of carbonyl (C=O) groups is 1. The summed E-state index contributed by atoms with van der Waals surface area (Å²) < 4.78 is 0. The third-order valence-corrected chi connectivity index (χ3v) is 3.97. The van der Waals surface area contributed by atoms with E-state index in [0.29, 0.717) is 12.5 Å². The third-order valence-electron chi connectivity index (χ3n) is 3.97. The van der Waals surface area contributed by atoms with Crippen molar-refractivity contribution in [3.05, 3.63) is 0 Å². The van der Waals surface area contributed by atoms with E-state index in [4.69, 9.17) is 5.73 Å². The van der Waals surface area contributed by atoms with Crippen LogP contribution in [0.25, 0.3) is 0 Å². The van der Waals surface area contributed by atoms with Crippen LogP contribution in [0.15, 0.2) is 0 Å². The Morgan fingerprint density at radius 1 is 1.11 bits per heavy atom. The van der Waals surface area contributed by atoms with Crippen molar-refractivity contribution in [2.24, 2.45) is 17.6 Å². The second-order valence-corrected chi connectivity index (χ2v) is 6.18. The van der Waals surface area contributed by atoms with Gasteiger partial charge in [-0.05, 0) is 38.3 Å². The van der Waals surface area contributed by atoms with Crippen LogP contribution in [-0.4, -0.2) is 55.0 Å². The molecule has 0 aliphatic carbocycles. The van der Waals surface area contributed by atoms with Crippen molar-refractivity contribution in [1.82, 2.24) is 9.80 Å². The van der Waals surface area contributed by atoms with Crippen LogP contribution in [0.4, 0.5) is 0 Å². The molecule has 0 saturated carbocycles. The van der Waals surface area contributed by atoms with Gasteiger partial charge in [0.25, 0.3) is 0 Å². The molecule has 1 saturated heterocycles. The monoisotopic (exact) mass is 269 g/mol. The molecule has 19 heavy (non-hydrogen) atoms. The van der Waals surface area contributed by atoms with Crippen molar-refractivity contribution >= 4 is 5.91 Å². The van der Waals surface area contributed by atoms with Gasteiger partial charge < -0.3 is 10.6 Å². The number of rotatable bonds is 7. The van der Waals surface area contributed by atoms with Crippen LogP contribution >= 0.6 is 0 Å². The highest BCUT2D eigenvalue weighted by Gasteiger charge is 2.24. The Kier molecular flexibility index (Phi) is 7.39. The van der Waals surface area contributed by atoms with Crippen LogP contribution in [0.3, 0.4) is 0 Å². The van der Waals surface area contributed by atoms with Gasteiger partial charge in [-0.3, -0.25) is 9.69 Å². The topological polar surface area (TPSA) is 49.6 Å². The smallest absolute Gasteiger partial charge is 0.225 e. The molecule has 1 unspecified atom stereocenters. The highest BCUT2D eigenvalue weighted by atomic mass is 16.2. The molecule has 2 N–H and O–H groups in total. The molecule has 1 fully saturated rings. The lowest BCUT2D eigenvalue weighted by atomic mass is 10.0. The van der Waals surface area contributed by atoms with E-state index in [1.54, 1.807) is 0 Å². The van der Waals surface area contributed by atoms with Crippen LogP contribution in [0.1, 0.15) is 40.0 Å². The fourth-order valence-electron chi connectivity index (χ4n) is 2.49. The predicted octanol–water partition coefficient (Wildman–Crippen LogP) is 1.55. The van der Waals surface area contributed by atoms with Crippen molar-refractivity contribution in [2.45, 2.75) is 40.0 Å². The van der Waals surface area contributed by atoms with Crippen molar-refractivity contribution in [2.75, 3.05) is 39.3 Å². The van der Waals surface area contributed by atoms with E-state index in [2.05, 4.69) is 18.7 Å². The third kappa shape index (κ3) is 5.91. The minimum atomic E-state index is 0.130. The van der Waals surface area contributed by atoms with Crippen molar-refractivity contribution < 1.29 is 4.79 Å². The summed E-state index contributed by atoms with van der Waals surface area (Å²) in [5, 5.41) is 0. The Balaban J connectivity index is 2.26. The highest BCUT2D eigenvalue weighted by molar-refractivity contribution is 5.78. The van der Waals surface area contributed by atoms with Crippen molar-refractivity contribution in [1.29, 1.82) is 0 Å². The molecule has 1 heterocycles. The van der Waals surface area contributed by atoms with Gasteiger partial charge in [-0.1, -0.05) is 20.8 Å². The minimum absolute atomic E-state index is 0.130. The Hall–Kier alpha value is -0.610. The zero-order chi connectivity index (χ0) is 14.3. The largest absolute Gasteiger partial charge is 0.340 e. The average molecular weight is 269 g/mol. The molecule has 0 aromatic carbocycles. The Morgan fingerprint density at radius 3 is 2.26 bits per heavy atom. The van der Waals surface area contributed by atoms with Gasteiger partial charge >= 0.3 is 0 Å². The fraction of sp³-hybridized carbons (Fsp3) is 0.933. The number of carbonyl (C=O) groups excluding carboxylic acids is 1. The summed E-state index contributed by atoms with van der Waals surface area (Å²) in [6.45, 7) is 12.3. The molecule has 1 aliphatic heterocycles. The van der Waals surface area contributed by atoms with E-state index >= 15 is 0 Å². The number of nitrogens with zero attached hydrogens (tertiary/aromatic N) is 2. The van der Waals surface area contributed by atoms with Crippen LogP contribution in [0.5, 0.6) is 0 Å². The molecule has 4 nitrogen and oxygen atoms in total. The minimum Gasteiger partial charge on any atom is -0.340 e. The maximum atomic E-state index is 12.2. The van der Waals surface area contributed by atoms with Gasteiger partial charge in [-0.25, -0.2) is 0 Å². The molecule has 112 valence electrons. The number of hydrogen-bond acceptors (Lipinski definition) is 3. The Labute approximate surface area is 118 Å². The number of hydrogen-bond donors (Lipinski definition) is 1. The van der Waals surface area contributed by atoms with Gasteiger partial charge in [0.05, 0.1) is 0 Å². The van der Waals surface area contributed by atoms with Gasteiger partial charge in [-0.15, -0.1) is 0 Å². The first-order valence-corrected chi connectivity index (χ1v) is 7.75. The van der Waals surface area contributed by atoms with E-state index in [1.165, 1.54) is 13.0 Å². The van der Waals surface area contributed by atoms with E-state index in [9.17, 15) is 4.79 Å². The molecule has 0 bridgehead atoms. The number of amides is 1. The zero-order valence-corrected chi connectivity index (χ0v) is 12.9. The summed E-state index contributed by atoms with van der Waals surface area (Å²) in [5.41, 5.74) is 5.50. The maximum Gasteiger partial charge on any atom is 0.225 e. The summed E-state index contributed by atoms with van der Waals surface area (Å²) in [6, 6.07) is 0. The lowest BCUT2D eigenvalue weighted by molar-refractivity contribution is -0.137. The number of nitrogens with two attached hydrogens (primary N) is 1. The second kappa shape index (κ2) is 8.54. The molecule has 0 aromatic rings. The summed E-state index contributed by atoms with van der Waals surface area (Å²) in [5.74, 6) is 1.21. The van der Waals surface area contributed by atoms with Gasteiger partial charge in [-0.2, -0.15) is 0 Å². The lowest BCUT2D eigenvalue weighted by Crippen LogP contribution is -2.50. The van der Waals surface area contributed by atoms with Crippen LogP contribution in [0, 0.1) is 11.8 Å². The summed E-state index contributed by atoms with van der Waals surface area (Å²) in [7, 11) is 0. The fourth-order valence-corrected chi connectivity index (χ4v) is 2.49. The zero-order valence-electron chi connectivity index (χ0n) is 12.9. The quantitative estimate of drug-likeness (QED) is 0.763. The molecule has 0 aromatic heterocycles. The van der Waals surface area contributed by atoms with Gasteiger partial charge in [0.1, 0.15) is 0 Å². The molecular weight excluding hydrogens is 238 g/mol. The van der Waals surface area contributed by atoms with Gasteiger partial charge in [0, 0.05) is 32.1 Å². The lowest BCUT2D eigenvalue weighted by Gasteiger charge is -2.36. The van der Waals surface area contributed by atoms with E-state index in [0.717, 1.165) is 44.9 Å². The van der Waals surface area contributed by atoms with Crippen LogP contribution in [0.2, 0.25) is 0 Å². The van der Waals surface area contributed by atoms with E-state index in [-0.39, 0.29) is 5.92 Å². The summed E-state index contributed by atoms with van der Waals surface area (Å²) in [6.07, 6.45) is 3.12. The van der Waals surface area contributed by atoms with Crippen molar-refractivity contribution in [3.8, 4) is 0 Å². The standard InChI is InChI=1S/C15H31N3O/c1-13(2)6-8-17-9-11-18(12-10-17)15(19)14(3)5-4-7-16/h13-14H,4-12,16H2,1-3H3. The molecule has 0 spiro atoms. The van der Waals surface area contributed by atoms with Crippen LogP contribution in [-0.2, 0) is 4.79 Å². The Morgan fingerprint density at radius 2 is 1.74 bits per heavy atom. The molecule has 1 atom stereocenters. The first-order valence-electron chi connectivity index (χ1n) is 7.75. The second-order valence-electron chi connectivity index (χ2n) is 6.18. The van der Waals surface area contributed by atoms with Crippen LogP contribution < -0.4 is 5.73 Å². The first-order chi connectivity index (χ1) is 9.04. The predicted molar refractivity (Wildman–Crippen MR) is 79.9 cm³/mol.